The molecule has 0 saturated heterocycles. The lowest BCUT2D eigenvalue weighted by atomic mass is 10.2. The predicted octanol–water partition coefficient (Wildman–Crippen LogP) is 4.32. The van der Waals surface area contributed by atoms with Crippen LogP contribution in [0.4, 0.5) is 5.69 Å². The van der Waals surface area contributed by atoms with Gasteiger partial charge in [0.2, 0.25) is 11.8 Å². The van der Waals surface area contributed by atoms with Crippen molar-refractivity contribution in [2.24, 2.45) is 5.92 Å². The minimum atomic E-state index is -0.524. The summed E-state index contributed by atoms with van der Waals surface area (Å²) in [6, 6.07) is 11.9. The number of para-hydroxylation sites is 1. The van der Waals surface area contributed by atoms with Gasteiger partial charge in [-0.15, -0.1) is 0 Å². The highest BCUT2D eigenvalue weighted by atomic mass is 79.9. The van der Waals surface area contributed by atoms with Gasteiger partial charge >= 0.3 is 0 Å². The molecule has 160 valence electrons. The van der Waals surface area contributed by atoms with Gasteiger partial charge in [0.25, 0.3) is 5.91 Å². The molecule has 0 saturated carbocycles. The Hall–Kier alpha value is -2.58. The van der Waals surface area contributed by atoms with E-state index in [4.69, 9.17) is 16.3 Å². The van der Waals surface area contributed by atoms with Crippen LogP contribution in [0, 0.1) is 5.92 Å². The van der Waals surface area contributed by atoms with E-state index in [0.717, 1.165) is 0 Å². The molecule has 2 aromatic rings. The number of nitrogens with one attached hydrogen (secondary N) is 3. The van der Waals surface area contributed by atoms with Crippen LogP contribution in [0.1, 0.15) is 37.0 Å². The van der Waals surface area contributed by atoms with Crippen molar-refractivity contribution in [1.29, 1.82) is 0 Å². The summed E-state index contributed by atoms with van der Waals surface area (Å²) in [6.45, 7) is 4.45. The predicted molar refractivity (Wildman–Crippen MR) is 119 cm³/mol. The van der Waals surface area contributed by atoms with Gasteiger partial charge in [0, 0.05) is 17.3 Å². The number of benzene rings is 2. The van der Waals surface area contributed by atoms with Gasteiger partial charge in [-0.3, -0.25) is 25.2 Å². The fourth-order valence-corrected chi connectivity index (χ4v) is 2.86. The van der Waals surface area contributed by atoms with Crippen molar-refractivity contribution in [3.63, 3.8) is 0 Å². The van der Waals surface area contributed by atoms with Crippen LogP contribution in [0.3, 0.4) is 0 Å². The Labute approximate surface area is 188 Å². The zero-order valence-corrected chi connectivity index (χ0v) is 19.0. The summed E-state index contributed by atoms with van der Waals surface area (Å²) in [5.74, 6) is -0.680. The molecule has 30 heavy (non-hydrogen) atoms. The van der Waals surface area contributed by atoms with E-state index in [2.05, 4.69) is 32.1 Å². The van der Waals surface area contributed by atoms with Crippen molar-refractivity contribution in [2.45, 2.75) is 26.7 Å². The lowest BCUT2D eigenvalue weighted by Crippen LogP contribution is -2.42. The lowest BCUT2D eigenvalue weighted by molar-refractivity contribution is -0.124. The van der Waals surface area contributed by atoms with Crippen LogP contribution in [0.2, 0.25) is 5.02 Å². The van der Waals surface area contributed by atoms with Gasteiger partial charge in [-0.1, -0.05) is 53.5 Å². The van der Waals surface area contributed by atoms with E-state index in [1.165, 1.54) is 0 Å². The molecule has 0 bridgehead atoms. The molecule has 7 nitrogen and oxygen atoms in total. The van der Waals surface area contributed by atoms with Crippen LogP contribution < -0.4 is 20.9 Å². The number of rotatable bonds is 8. The highest BCUT2D eigenvalue weighted by Gasteiger charge is 2.15. The highest BCUT2D eigenvalue weighted by molar-refractivity contribution is 9.10. The maximum Gasteiger partial charge on any atom is 0.273 e. The molecule has 0 atom stereocenters. The number of ether oxygens (including phenoxy) is 1. The fourth-order valence-electron chi connectivity index (χ4n) is 2.32. The number of carbonyl (C=O) groups is 3. The summed E-state index contributed by atoms with van der Waals surface area (Å²) in [6.07, 6.45) is -0.168. The molecule has 0 aliphatic carbocycles. The Morgan fingerprint density at radius 1 is 1.03 bits per heavy atom. The van der Waals surface area contributed by atoms with E-state index in [0.29, 0.717) is 33.5 Å². The summed E-state index contributed by atoms with van der Waals surface area (Å²) in [5.41, 5.74) is 5.41. The molecule has 0 heterocycles. The molecule has 0 aliphatic heterocycles. The van der Waals surface area contributed by atoms with Crippen molar-refractivity contribution in [3.8, 4) is 5.75 Å². The smallest absolute Gasteiger partial charge is 0.273 e. The van der Waals surface area contributed by atoms with Gasteiger partial charge in [0.05, 0.1) is 22.9 Å². The Kier molecular flexibility index (Phi) is 9.14. The second-order valence-electron chi connectivity index (χ2n) is 6.88. The molecule has 0 fully saturated rings. The van der Waals surface area contributed by atoms with Gasteiger partial charge in [-0.05, 0) is 36.2 Å². The molecule has 0 aliphatic rings. The molecule has 0 radical (unpaired) electrons. The SMILES string of the molecule is CC(C)COc1ccc(Br)cc1C(=O)NNC(=O)CCC(=O)Nc1ccccc1Cl. The molecule has 3 amide bonds. The second kappa shape index (κ2) is 11.6. The minimum absolute atomic E-state index is 0.0629. The zero-order valence-electron chi connectivity index (χ0n) is 16.6. The van der Waals surface area contributed by atoms with Gasteiger partial charge in [0.1, 0.15) is 5.75 Å². The van der Waals surface area contributed by atoms with E-state index in [9.17, 15) is 14.4 Å². The zero-order chi connectivity index (χ0) is 22.1. The maximum atomic E-state index is 12.5. The van der Waals surface area contributed by atoms with Crippen LogP contribution in [0.15, 0.2) is 46.9 Å². The number of carbonyl (C=O) groups excluding carboxylic acids is 3. The number of hydrogen-bond acceptors (Lipinski definition) is 4. The first-order valence-electron chi connectivity index (χ1n) is 9.32. The quantitative estimate of drug-likeness (QED) is 0.474. The second-order valence-corrected chi connectivity index (χ2v) is 8.20. The third-order valence-corrected chi connectivity index (χ3v) is 4.62. The average Bonchev–Trinajstić information content (AvgIpc) is 2.71. The van der Waals surface area contributed by atoms with Crippen molar-refractivity contribution >= 4 is 50.9 Å². The Morgan fingerprint density at radius 3 is 2.43 bits per heavy atom. The molecule has 0 spiro atoms. The first-order chi connectivity index (χ1) is 14.3. The summed E-state index contributed by atoms with van der Waals surface area (Å²) in [4.78, 5) is 36.4. The third kappa shape index (κ3) is 7.68. The number of anilines is 1. The molecule has 2 aromatic carbocycles. The minimum Gasteiger partial charge on any atom is -0.492 e. The maximum absolute atomic E-state index is 12.5. The lowest BCUT2D eigenvalue weighted by Gasteiger charge is -2.14. The average molecular weight is 497 g/mol. The first kappa shape index (κ1) is 23.7. The Balaban J connectivity index is 1.84. The van der Waals surface area contributed by atoms with Gasteiger partial charge in [-0.2, -0.15) is 0 Å². The molecule has 0 unspecified atom stereocenters. The fraction of sp³-hybridized carbons (Fsp3) is 0.286. The third-order valence-electron chi connectivity index (χ3n) is 3.80. The monoisotopic (exact) mass is 495 g/mol. The van der Waals surface area contributed by atoms with Crippen LogP contribution in [0.5, 0.6) is 5.75 Å². The van der Waals surface area contributed by atoms with E-state index in [1.807, 2.05) is 13.8 Å². The molecule has 3 N–H and O–H groups in total. The molecular formula is C21H23BrClN3O4. The van der Waals surface area contributed by atoms with E-state index < -0.39 is 11.8 Å². The van der Waals surface area contributed by atoms with Crippen LogP contribution >= 0.6 is 27.5 Å². The summed E-state index contributed by atoms with van der Waals surface area (Å²) in [7, 11) is 0. The number of hydrogen-bond donors (Lipinski definition) is 3. The van der Waals surface area contributed by atoms with E-state index in [-0.39, 0.29) is 24.3 Å². The Bertz CT molecular complexity index is 921. The summed E-state index contributed by atoms with van der Waals surface area (Å²) >= 11 is 9.30. The normalized spacial score (nSPS) is 10.4. The van der Waals surface area contributed by atoms with Gasteiger partial charge in [-0.25, -0.2) is 0 Å². The van der Waals surface area contributed by atoms with Crippen molar-refractivity contribution in [3.05, 3.63) is 57.5 Å². The van der Waals surface area contributed by atoms with Crippen LogP contribution in [-0.4, -0.2) is 24.3 Å². The molecular weight excluding hydrogens is 474 g/mol. The van der Waals surface area contributed by atoms with Crippen LogP contribution in [0.25, 0.3) is 0 Å². The number of halogens is 2. The first-order valence-corrected chi connectivity index (χ1v) is 10.5. The summed E-state index contributed by atoms with van der Waals surface area (Å²) < 4.78 is 6.37. The number of hydrazine groups is 1. The van der Waals surface area contributed by atoms with Crippen LogP contribution in [-0.2, 0) is 9.59 Å². The highest BCUT2D eigenvalue weighted by Crippen LogP contribution is 2.24. The van der Waals surface area contributed by atoms with Gasteiger partial charge < -0.3 is 10.1 Å². The topological polar surface area (TPSA) is 96.5 Å². The Morgan fingerprint density at radius 2 is 1.73 bits per heavy atom. The molecule has 0 aromatic heterocycles. The van der Waals surface area contributed by atoms with E-state index >= 15 is 0 Å². The van der Waals surface area contributed by atoms with Gasteiger partial charge in [0.15, 0.2) is 0 Å². The van der Waals surface area contributed by atoms with Crippen molar-refractivity contribution < 1.29 is 19.1 Å². The van der Waals surface area contributed by atoms with Crippen molar-refractivity contribution in [2.75, 3.05) is 11.9 Å². The standard InChI is InChI=1S/C21H23BrClN3O4/c1-13(2)12-30-18-8-7-14(22)11-15(18)21(29)26-25-20(28)10-9-19(27)24-17-6-4-3-5-16(17)23/h3-8,11,13H,9-10,12H2,1-2H3,(H,24,27)(H,25,28)(H,26,29). The molecule has 9 heteroatoms. The summed E-state index contributed by atoms with van der Waals surface area (Å²) in [5, 5.41) is 3.04. The largest absolute Gasteiger partial charge is 0.492 e. The van der Waals surface area contributed by atoms with E-state index in [1.54, 1.807) is 42.5 Å². The molecule has 2 rings (SSSR count). The number of amides is 3. The van der Waals surface area contributed by atoms with Crippen molar-refractivity contribution in [1.82, 2.24) is 10.9 Å².